The van der Waals surface area contributed by atoms with Crippen molar-refractivity contribution in [1.82, 2.24) is 0 Å². The highest BCUT2D eigenvalue weighted by Gasteiger charge is 2.55. The van der Waals surface area contributed by atoms with Gasteiger partial charge in [-0.05, 0) is 68.8 Å². The molecule has 0 saturated heterocycles. The Hall–Kier alpha value is -2.42. The Morgan fingerprint density at radius 2 is 1.52 bits per heavy atom. The van der Waals surface area contributed by atoms with Crippen molar-refractivity contribution in [3.8, 4) is 0 Å². The smallest absolute Gasteiger partial charge is 0.348 e. The minimum Gasteiger partial charge on any atom is -0.465 e. The molecule has 1 heterocycles. The Morgan fingerprint density at radius 1 is 0.968 bits per heavy atom. The van der Waals surface area contributed by atoms with Crippen molar-refractivity contribution in [3.63, 3.8) is 0 Å². The van der Waals surface area contributed by atoms with Gasteiger partial charge in [0.25, 0.3) is 5.91 Å². The maximum absolute atomic E-state index is 12.9. The van der Waals surface area contributed by atoms with Gasteiger partial charge in [-0.25, -0.2) is 9.59 Å². The molecule has 4 saturated carbocycles. The SMILES string of the molecule is COC(=O)c1sc(NC(=O)COC(=O)C23CC4CC(CC(C4)C2)C3)c(C(=O)OC)c1C. The molecule has 1 aromatic rings. The zero-order chi connectivity index (χ0) is 22.3. The van der Waals surface area contributed by atoms with Gasteiger partial charge in [0.15, 0.2) is 6.61 Å². The molecule has 5 rings (SSSR count). The van der Waals surface area contributed by atoms with Gasteiger partial charge in [-0.3, -0.25) is 9.59 Å². The molecule has 0 spiro atoms. The Kier molecular flexibility index (Phi) is 5.81. The molecule has 0 atom stereocenters. The van der Waals surface area contributed by atoms with Gasteiger partial charge in [0, 0.05) is 0 Å². The number of methoxy groups -OCH3 is 2. The van der Waals surface area contributed by atoms with Crippen LogP contribution in [0.5, 0.6) is 0 Å². The highest BCUT2D eigenvalue weighted by Crippen LogP contribution is 2.60. The van der Waals surface area contributed by atoms with E-state index in [2.05, 4.69) is 5.32 Å². The summed E-state index contributed by atoms with van der Waals surface area (Å²) in [5, 5.41) is 2.76. The molecule has 1 amide bonds. The summed E-state index contributed by atoms with van der Waals surface area (Å²) in [6, 6.07) is 0. The standard InChI is InChI=1S/C22H27NO7S/c1-11-16(19(25)28-2)18(31-17(11)20(26)29-3)23-15(24)10-30-21(27)22-7-12-4-13(8-22)6-14(5-12)9-22/h12-14H,4-10H2,1-3H3,(H,23,24). The van der Waals surface area contributed by atoms with E-state index in [1.807, 2.05) is 0 Å². The average molecular weight is 450 g/mol. The number of carbonyl (C=O) groups excluding carboxylic acids is 4. The van der Waals surface area contributed by atoms with E-state index in [1.165, 1.54) is 33.5 Å². The fourth-order valence-corrected chi connectivity index (χ4v) is 7.17. The van der Waals surface area contributed by atoms with Crippen LogP contribution in [0.25, 0.3) is 0 Å². The van der Waals surface area contributed by atoms with Crippen LogP contribution in [0.3, 0.4) is 0 Å². The number of anilines is 1. The molecular weight excluding hydrogens is 422 g/mol. The van der Waals surface area contributed by atoms with Crippen LogP contribution in [-0.4, -0.2) is 44.6 Å². The van der Waals surface area contributed by atoms with Crippen LogP contribution in [0.2, 0.25) is 0 Å². The largest absolute Gasteiger partial charge is 0.465 e. The topological polar surface area (TPSA) is 108 Å². The summed E-state index contributed by atoms with van der Waals surface area (Å²) < 4.78 is 15.0. The maximum Gasteiger partial charge on any atom is 0.348 e. The molecule has 0 aliphatic heterocycles. The second-order valence-corrected chi connectivity index (χ2v) is 10.1. The third kappa shape index (κ3) is 3.95. The van der Waals surface area contributed by atoms with Crippen molar-refractivity contribution >= 4 is 40.2 Å². The molecule has 4 aliphatic carbocycles. The number of esters is 3. The third-order valence-electron chi connectivity index (χ3n) is 6.97. The van der Waals surface area contributed by atoms with Gasteiger partial charge in [-0.1, -0.05) is 0 Å². The van der Waals surface area contributed by atoms with Crippen molar-refractivity contribution in [1.29, 1.82) is 0 Å². The first kappa shape index (κ1) is 21.8. The Morgan fingerprint density at radius 3 is 2.03 bits per heavy atom. The third-order valence-corrected chi connectivity index (χ3v) is 8.15. The minimum absolute atomic E-state index is 0.0914. The molecule has 1 aromatic heterocycles. The molecule has 0 aromatic carbocycles. The molecule has 0 radical (unpaired) electrons. The second kappa shape index (κ2) is 8.26. The summed E-state index contributed by atoms with van der Waals surface area (Å²) in [7, 11) is 2.46. The quantitative estimate of drug-likeness (QED) is 0.524. The number of amides is 1. The summed E-state index contributed by atoms with van der Waals surface area (Å²) in [5.41, 5.74) is 0.0160. The average Bonchev–Trinajstić information content (AvgIpc) is 3.05. The number of thiophene rings is 1. The fraction of sp³-hybridized carbons (Fsp3) is 0.636. The molecule has 8 nitrogen and oxygen atoms in total. The van der Waals surface area contributed by atoms with E-state index >= 15 is 0 Å². The van der Waals surface area contributed by atoms with E-state index in [0.717, 1.165) is 30.6 Å². The first-order chi connectivity index (χ1) is 14.8. The zero-order valence-corrected chi connectivity index (χ0v) is 18.8. The molecule has 31 heavy (non-hydrogen) atoms. The predicted octanol–water partition coefficient (Wildman–Crippen LogP) is 3.33. The molecular formula is C22H27NO7S. The molecule has 168 valence electrons. The van der Waals surface area contributed by atoms with E-state index in [4.69, 9.17) is 14.2 Å². The highest BCUT2D eigenvalue weighted by atomic mass is 32.1. The summed E-state index contributed by atoms with van der Waals surface area (Å²) in [6.07, 6.45) is 6.21. The number of nitrogens with one attached hydrogen (secondary N) is 1. The zero-order valence-electron chi connectivity index (χ0n) is 17.9. The Bertz CT molecular complexity index is 899. The highest BCUT2D eigenvalue weighted by molar-refractivity contribution is 7.18. The van der Waals surface area contributed by atoms with Crippen LogP contribution in [0.4, 0.5) is 5.00 Å². The molecule has 0 unspecified atom stereocenters. The van der Waals surface area contributed by atoms with E-state index < -0.39 is 29.9 Å². The Labute approximate surface area is 184 Å². The number of ether oxygens (including phenoxy) is 3. The summed E-state index contributed by atoms with van der Waals surface area (Å²) in [6.45, 7) is 1.14. The van der Waals surface area contributed by atoms with Crippen LogP contribution in [-0.2, 0) is 23.8 Å². The number of hydrogen-bond donors (Lipinski definition) is 1. The van der Waals surface area contributed by atoms with Crippen LogP contribution in [0.15, 0.2) is 0 Å². The lowest BCUT2D eigenvalue weighted by Crippen LogP contribution is -2.50. The second-order valence-electron chi connectivity index (χ2n) is 9.07. The lowest BCUT2D eigenvalue weighted by atomic mass is 9.49. The fourth-order valence-electron chi connectivity index (χ4n) is 6.04. The number of carbonyl (C=O) groups is 4. The van der Waals surface area contributed by atoms with Gasteiger partial charge in [0.1, 0.15) is 9.88 Å². The monoisotopic (exact) mass is 449 g/mol. The van der Waals surface area contributed by atoms with E-state index in [-0.39, 0.29) is 21.4 Å². The van der Waals surface area contributed by atoms with Gasteiger partial charge < -0.3 is 19.5 Å². The van der Waals surface area contributed by atoms with Crippen molar-refractivity contribution in [2.45, 2.75) is 45.4 Å². The molecule has 4 aliphatic rings. The minimum atomic E-state index is -0.676. The van der Waals surface area contributed by atoms with Crippen LogP contribution in [0, 0.1) is 30.1 Å². The van der Waals surface area contributed by atoms with Gasteiger partial charge in [-0.15, -0.1) is 11.3 Å². The molecule has 4 bridgehead atoms. The summed E-state index contributed by atoms with van der Waals surface area (Å²) in [4.78, 5) is 49.8. The summed E-state index contributed by atoms with van der Waals surface area (Å²) in [5.74, 6) is -0.345. The predicted molar refractivity (Wildman–Crippen MR) is 112 cm³/mol. The lowest BCUT2D eigenvalue weighted by molar-refractivity contribution is -0.172. The molecule has 4 fully saturated rings. The van der Waals surface area contributed by atoms with E-state index in [1.54, 1.807) is 6.92 Å². The van der Waals surface area contributed by atoms with Gasteiger partial charge in [0.2, 0.25) is 0 Å². The van der Waals surface area contributed by atoms with Crippen molar-refractivity contribution in [2.24, 2.45) is 23.2 Å². The molecule has 9 heteroatoms. The van der Waals surface area contributed by atoms with Gasteiger partial charge in [-0.2, -0.15) is 0 Å². The van der Waals surface area contributed by atoms with E-state index in [9.17, 15) is 19.2 Å². The van der Waals surface area contributed by atoms with Crippen LogP contribution < -0.4 is 5.32 Å². The van der Waals surface area contributed by atoms with Crippen LogP contribution in [0.1, 0.15) is 64.1 Å². The van der Waals surface area contributed by atoms with Crippen LogP contribution >= 0.6 is 11.3 Å². The van der Waals surface area contributed by atoms with Gasteiger partial charge >= 0.3 is 17.9 Å². The summed E-state index contributed by atoms with van der Waals surface area (Å²) >= 11 is 0.925. The lowest BCUT2D eigenvalue weighted by Gasteiger charge is -2.55. The number of rotatable bonds is 6. The normalized spacial score (nSPS) is 28.2. The van der Waals surface area contributed by atoms with Crippen molar-refractivity contribution in [2.75, 3.05) is 26.1 Å². The molecule has 1 N–H and O–H groups in total. The van der Waals surface area contributed by atoms with Crippen molar-refractivity contribution < 1.29 is 33.4 Å². The van der Waals surface area contributed by atoms with Gasteiger partial charge in [0.05, 0.1) is 25.2 Å². The van der Waals surface area contributed by atoms with Crippen molar-refractivity contribution in [3.05, 3.63) is 16.0 Å². The van der Waals surface area contributed by atoms with E-state index in [0.29, 0.717) is 23.3 Å². The Balaban J connectivity index is 1.43. The number of hydrogen-bond acceptors (Lipinski definition) is 8. The first-order valence-corrected chi connectivity index (χ1v) is 11.3. The first-order valence-electron chi connectivity index (χ1n) is 10.5. The maximum atomic E-state index is 12.9.